The van der Waals surface area contributed by atoms with Crippen LogP contribution in [0.5, 0.6) is 5.75 Å². The van der Waals surface area contributed by atoms with Crippen molar-refractivity contribution in [3.05, 3.63) is 41.7 Å². The molecule has 0 amide bonds. The van der Waals surface area contributed by atoms with Crippen LogP contribution in [0.25, 0.3) is 0 Å². The maximum atomic E-state index is 5.55. The second-order valence-electron chi connectivity index (χ2n) is 4.29. The number of aromatic amines is 1. The monoisotopic (exact) mass is 260 g/mol. The number of aromatic nitrogens is 3. The molecular weight excluding hydrogens is 240 g/mol. The predicted octanol–water partition coefficient (Wildman–Crippen LogP) is 2.29. The largest absolute Gasteiger partial charge is 0.494 e. The van der Waals surface area contributed by atoms with Gasteiger partial charge in [0.25, 0.3) is 0 Å². The minimum absolute atomic E-state index is 0.0408. The van der Waals surface area contributed by atoms with E-state index in [0.29, 0.717) is 6.61 Å². The maximum absolute atomic E-state index is 5.55. The van der Waals surface area contributed by atoms with E-state index in [2.05, 4.69) is 33.7 Å². The average molecular weight is 260 g/mol. The topological polar surface area (TPSA) is 62.8 Å². The number of nitrogens with zero attached hydrogens (tertiary/aromatic N) is 2. The Morgan fingerprint density at radius 1 is 1.37 bits per heavy atom. The first-order valence-corrected chi connectivity index (χ1v) is 6.67. The fourth-order valence-corrected chi connectivity index (χ4v) is 1.98. The number of H-pyrrole nitrogens is 1. The van der Waals surface area contributed by atoms with Gasteiger partial charge >= 0.3 is 0 Å². The molecule has 2 rings (SSSR count). The molecule has 2 aromatic rings. The number of benzene rings is 1. The Balaban J connectivity index is 2.24. The average Bonchev–Trinajstić information content (AvgIpc) is 2.94. The van der Waals surface area contributed by atoms with Gasteiger partial charge in [0.05, 0.1) is 18.8 Å². The summed E-state index contributed by atoms with van der Waals surface area (Å²) in [4.78, 5) is 0. The van der Waals surface area contributed by atoms with E-state index in [4.69, 9.17) is 4.74 Å². The van der Waals surface area contributed by atoms with Crippen LogP contribution in [0, 0.1) is 0 Å². The second-order valence-corrected chi connectivity index (χ2v) is 4.29. The number of hydrogen-bond acceptors (Lipinski definition) is 4. The zero-order chi connectivity index (χ0) is 13.5. The Morgan fingerprint density at radius 3 is 2.95 bits per heavy atom. The molecule has 5 nitrogen and oxygen atoms in total. The van der Waals surface area contributed by atoms with Crippen LogP contribution in [0.1, 0.15) is 37.6 Å². The summed E-state index contributed by atoms with van der Waals surface area (Å²) >= 11 is 0. The van der Waals surface area contributed by atoms with E-state index in [1.165, 1.54) is 0 Å². The summed E-state index contributed by atoms with van der Waals surface area (Å²) in [6.07, 6.45) is 2.82. The Morgan fingerprint density at radius 2 is 2.26 bits per heavy atom. The lowest BCUT2D eigenvalue weighted by atomic mass is 10.0. The van der Waals surface area contributed by atoms with Gasteiger partial charge in [0, 0.05) is 0 Å². The van der Waals surface area contributed by atoms with Crippen LogP contribution in [-0.2, 0) is 0 Å². The zero-order valence-corrected chi connectivity index (χ0v) is 11.4. The van der Waals surface area contributed by atoms with Crippen LogP contribution >= 0.6 is 0 Å². The van der Waals surface area contributed by atoms with Crippen molar-refractivity contribution >= 4 is 0 Å². The lowest BCUT2D eigenvalue weighted by Gasteiger charge is -2.17. The van der Waals surface area contributed by atoms with Crippen LogP contribution in [0.2, 0.25) is 0 Å². The highest BCUT2D eigenvalue weighted by molar-refractivity contribution is 5.34. The summed E-state index contributed by atoms with van der Waals surface area (Å²) in [6.45, 7) is 5.72. The van der Waals surface area contributed by atoms with Gasteiger partial charge < -0.3 is 10.1 Å². The number of ether oxygens (including phenoxy) is 1. The summed E-state index contributed by atoms with van der Waals surface area (Å²) in [5, 5.41) is 14.2. The first-order chi connectivity index (χ1) is 9.35. The molecule has 102 valence electrons. The van der Waals surface area contributed by atoms with Crippen molar-refractivity contribution in [2.24, 2.45) is 0 Å². The molecule has 0 saturated carbocycles. The van der Waals surface area contributed by atoms with Crippen molar-refractivity contribution in [1.82, 2.24) is 20.7 Å². The number of nitrogens with one attached hydrogen (secondary N) is 2. The van der Waals surface area contributed by atoms with Crippen molar-refractivity contribution in [3.8, 4) is 5.75 Å². The second kappa shape index (κ2) is 6.89. The SMILES string of the molecule is CCCNC(c1cccc(OCC)c1)c1cn[nH]n1. The Bertz CT molecular complexity index is 484. The molecule has 1 aromatic heterocycles. The van der Waals surface area contributed by atoms with E-state index in [0.717, 1.165) is 30.0 Å². The molecule has 1 unspecified atom stereocenters. The van der Waals surface area contributed by atoms with Gasteiger partial charge in [-0.3, -0.25) is 0 Å². The van der Waals surface area contributed by atoms with Crippen LogP contribution in [0.15, 0.2) is 30.5 Å². The third-order valence-electron chi connectivity index (χ3n) is 2.83. The molecular formula is C14H20N4O. The summed E-state index contributed by atoms with van der Waals surface area (Å²) in [6, 6.07) is 8.13. The highest BCUT2D eigenvalue weighted by Crippen LogP contribution is 2.23. The molecule has 0 aliphatic rings. The zero-order valence-electron chi connectivity index (χ0n) is 11.4. The van der Waals surface area contributed by atoms with Gasteiger partial charge in [-0.25, -0.2) is 0 Å². The van der Waals surface area contributed by atoms with Crippen LogP contribution in [0.4, 0.5) is 0 Å². The van der Waals surface area contributed by atoms with E-state index < -0.39 is 0 Å². The molecule has 1 heterocycles. The van der Waals surface area contributed by atoms with Crippen molar-refractivity contribution in [3.63, 3.8) is 0 Å². The lowest BCUT2D eigenvalue weighted by Crippen LogP contribution is -2.23. The molecule has 0 fully saturated rings. The van der Waals surface area contributed by atoms with Crippen LogP contribution in [0.3, 0.4) is 0 Å². The van der Waals surface area contributed by atoms with E-state index >= 15 is 0 Å². The fourth-order valence-electron chi connectivity index (χ4n) is 1.98. The Kier molecular flexibility index (Phi) is 4.92. The first-order valence-electron chi connectivity index (χ1n) is 6.67. The van der Waals surface area contributed by atoms with Crippen molar-refractivity contribution < 1.29 is 4.74 Å². The fraction of sp³-hybridized carbons (Fsp3) is 0.429. The van der Waals surface area contributed by atoms with Gasteiger partial charge in [0.15, 0.2) is 0 Å². The molecule has 5 heteroatoms. The highest BCUT2D eigenvalue weighted by Gasteiger charge is 2.16. The minimum atomic E-state index is 0.0408. The summed E-state index contributed by atoms with van der Waals surface area (Å²) in [7, 11) is 0. The number of rotatable bonds is 7. The quantitative estimate of drug-likeness (QED) is 0.801. The van der Waals surface area contributed by atoms with Gasteiger partial charge in [-0.2, -0.15) is 15.4 Å². The third kappa shape index (κ3) is 3.54. The molecule has 1 aromatic carbocycles. The van der Waals surface area contributed by atoms with Crippen molar-refractivity contribution in [1.29, 1.82) is 0 Å². The van der Waals surface area contributed by atoms with Gasteiger partial charge in [-0.1, -0.05) is 19.1 Å². The van der Waals surface area contributed by atoms with Gasteiger partial charge in [0.1, 0.15) is 11.4 Å². The summed E-state index contributed by atoms with van der Waals surface area (Å²) < 4.78 is 5.55. The van der Waals surface area contributed by atoms with E-state index in [-0.39, 0.29) is 6.04 Å². The van der Waals surface area contributed by atoms with Gasteiger partial charge in [-0.15, -0.1) is 0 Å². The van der Waals surface area contributed by atoms with E-state index in [9.17, 15) is 0 Å². The third-order valence-corrected chi connectivity index (χ3v) is 2.83. The molecule has 1 atom stereocenters. The summed E-state index contributed by atoms with van der Waals surface area (Å²) in [5.41, 5.74) is 2.02. The maximum Gasteiger partial charge on any atom is 0.119 e. The normalized spacial score (nSPS) is 12.3. The number of hydrogen-bond donors (Lipinski definition) is 2. The molecule has 0 aliphatic heterocycles. The standard InChI is InChI=1S/C14H20N4O/c1-3-8-15-14(13-10-16-18-17-13)11-6-5-7-12(9-11)19-4-2/h5-7,9-10,14-15H,3-4,8H2,1-2H3,(H,16,17,18). The van der Waals surface area contributed by atoms with Gasteiger partial charge in [0.2, 0.25) is 0 Å². The lowest BCUT2D eigenvalue weighted by molar-refractivity contribution is 0.339. The Labute approximate surface area is 113 Å². The van der Waals surface area contributed by atoms with Crippen molar-refractivity contribution in [2.45, 2.75) is 26.3 Å². The summed E-state index contributed by atoms with van der Waals surface area (Å²) in [5.74, 6) is 0.881. The molecule has 0 aliphatic carbocycles. The van der Waals surface area contributed by atoms with Crippen LogP contribution in [-0.4, -0.2) is 28.6 Å². The van der Waals surface area contributed by atoms with Crippen molar-refractivity contribution in [2.75, 3.05) is 13.2 Å². The molecule has 0 radical (unpaired) electrons. The molecule has 2 N–H and O–H groups in total. The van der Waals surface area contributed by atoms with Gasteiger partial charge in [-0.05, 0) is 37.6 Å². The van der Waals surface area contributed by atoms with Crippen LogP contribution < -0.4 is 10.1 Å². The minimum Gasteiger partial charge on any atom is -0.494 e. The Hall–Kier alpha value is -1.88. The predicted molar refractivity (Wildman–Crippen MR) is 74.1 cm³/mol. The highest BCUT2D eigenvalue weighted by atomic mass is 16.5. The molecule has 0 bridgehead atoms. The van der Waals surface area contributed by atoms with E-state index in [1.807, 2.05) is 25.1 Å². The molecule has 0 spiro atoms. The smallest absolute Gasteiger partial charge is 0.119 e. The first kappa shape index (κ1) is 13.5. The molecule has 0 saturated heterocycles. The molecule has 19 heavy (non-hydrogen) atoms. The van der Waals surface area contributed by atoms with E-state index in [1.54, 1.807) is 6.20 Å².